The number of carbonyl (C=O) groups is 1. The van der Waals surface area contributed by atoms with Gasteiger partial charge < -0.3 is 5.11 Å². The fourth-order valence-corrected chi connectivity index (χ4v) is 1.50. The number of halogens is 3. The molecule has 82 valence electrons. The lowest BCUT2D eigenvalue weighted by Gasteiger charge is -2.04. The summed E-state index contributed by atoms with van der Waals surface area (Å²) in [5, 5.41) is 8.38. The van der Waals surface area contributed by atoms with Crippen molar-refractivity contribution in [2.75, 3.05) is 0 Å². The zero-order chi connectivity index (χ0) is 11.4. The molecule has 15 heavy (non-hydrogen) atoms. The second-order valence-electron chi connectivity index (χ2n) is 3.08. The average molecular weight is 279 g/mol. The van der Waals surface area contributed by atoms with Gasteiger partial charge in [0, 0.05) is 6.42 Å². The van der Waals surface area contributed by atoms with Crippen LogP contribution in [0.1, 0.15) is 18.4 Å². The lowest BCUT2D eigenvalue weighted by atomic mass is 10.1. The summed E-state index contributed by atoms with van der Waals surface area (Å²) in [4.78, 5) is 10.2. The average Bonchev–Trinajstić information content (AvgIpc) is 2.18. The molecule has 0 fully saturated rings. The number of carboxylic acid groups (broad SMARTS) is 1. The van der Waals surface area contributed by atoms with Gasteiger partial charge in [-0.3, -0.25) is 4.79 Å². The molecule has 0 radical (unpaired) electrons. The van der Waals surface area contributed by atoms with E-state index in [9.17, 15) is 13.6 Å². The van der Waals surface area contributed by atoms with Gasteiger partial charge in [-0.1, -0.05) is 6.07 Å². The Morgan fingerprint density at radius 1 is 1.33 bits per heavy atom. The minimum atomic E-state index is -0.937. The first-order valence-electron chi connectivity index (χ1n) is 4.36. The lowest BCUT2D eigenvalue weighted by molar-refractivity contribution is -0.137. The highest BCUT2D eigenvalue weighted by atomic mass is 79.9. The van der Waals surface area contributed by atoms with E-state index in [0.29, 0.717) is 6.42 Å². The SMILES string of the molecule is O=C(O)CCCc1ccc(Br)c(F)c1F. The summed E-state index contributed by atoms with van der Waals surface area (Å²) in [6, 6.07) is 2.86. The molecule has 0 bridgehead atoms. The number of rotatable bonds is 4. The van der Waals surface area contributed by atoms with Crippen LogP contribution in [0.25, 0.3) is 0 Å². The molecule has 0 heterocycles. The second kappa shape index (κ2) is 5.21. The number of aliphatic carboxylic acids is 1. The molecule has 0 spiro atoms. The molecule has 0 unspecified atom stereocenters. The lowest BCUT2D eigenvalue weighted by Crippen LogP contribution is -1.99. The van der Waals surface area contributed by atoms with Crippen molar-refractivity contribution in [2.45, 2.75) is 19.3 Å². The molecule has 0 amide bonds. The minimum Gasteiger partial charge on any atom is -0.481 e. The number of hydrogen-bond acceptors (Lipinski definition) is 1. The van der Waals surface area contributed by atoms with Gasteiger partial charge in [0.25, 0.3) is 0 Å². The summed E-state index contributed by atoms with van der Waals surface area (Å²) in [5.74, 6) is -2.77. The maximum Gasteiger partial charge on any atom is 0.303 e. The van der Waals surface area contributed by atoms with Gasteiger partial charge >= 0.3 is 5.97 Å². The van der Waals surface area contributed by atoms with Crippen LogP contribution in [-0.4, -0.2) is 11.1 Å². The van der Waals surface area contributed by atoms with Crippen LogP contribution in [0.3, 0.4) is 0 Å². The standard InChI is InChI=1S/C10H9BrF2O2/c11-7-5-4-6(9(12)10(7)13)2-1-3-8(14)15/h4-5H,1-3H2,(H,14,15). The zero-order valence-electron chi connectivity index (χ0n) is 7.77. The Morgan fingerprint density at radius 3 is 2.60 bits per heavy atom. The molecule has 0 aliphatic rings. The zero-order valence-corrected chi connectivity index (χ0v) is 9.35. The predicted molar refractivity (Wildman–Crippen MR) is 54.6 cm³/mol. The van der Waals surface area contributed by atoms with Crippen LogP contribution < -0.4 is 0 Å². The Balaban J connectivity index is 2.70. The van der Waals surface area contributed by atoms with E-state index in [-0.39, 0.29) is 22.9 Å². The van der Waals surface area contributed by atoms with Crippen LogP contribution in [0, 0.1) is 11.6 Å². The van der Waals surface area contributed by atoms with Gasteiger partial charge in [0.05, 0.1) is 4.47 Å². The van der Waals surface area contributed by atoms with E-state index in [1.54, 1.807) is 0 Å². The van der Waals surface area contributed by atoms with Crippen LogP contribution in [0.15, 0.2) is 16.6 Å². The van der Waals surface area contributed by atoms with Gasteiger partial charge in [0.1, 0.15) is 0 Å². The smallest absolute Gasteiger partial charge is 0.303 e. The van der Waals surface area contributed by atoms with E-state index in [1.807, 2.05) is 0 Å². The first-order chi connectivity index (χ1) is 7.02. The van der Waals surface area contributed by atoms with E-state index in [4.69, 9.17) is 5.11 Å². The molecule has 0 aliphatic heterocycles. The minimum absolute atomic E-state index is 0.0445. The maximum atomic E-state index is 13.2. The maximum absolute atomic E-state index is 13.2. The molecule has 0 aliphatic carbocycles. The topological polar surface area (TPSA) is 37.3 Å². The Hall–Kier alpha value is -0.970. The Morgan fingerprint density at radius 2 is 2.00 bits per heavy atom. The van der Waals surface area contributed by atoms with Gasteiger partial charge in [-0.25, -0.2) is 8.78 Å². The van der Waals surface area contributed by atoms with Crippen molar-refractivity contribution in [3.05, 3.63) is 33.8 Å². The van der Waals surface area contributed by atoms with Crippen LogP contribution >= 0.6 is 15.9 Å². The fraction of sp³-hybridized carbons (Fsp3) is 0.300. The predicted octanol–water partition coefficient (Wildman–Crippen LogP) is 3.13. The molecule has 0 saturated heterocycles. The molecule has 0 saturated carbocycles. The Bertz CT molecular complexity index is 380. The van der Waals surface area contributed by atoms with E-state index in [0.717, 1.165) is 0 Å². The molecule has 1 N–H and O–H groups in total. The van der Waals surface area contributed by atoms with Crippen molar-refractivity contribution >= 4 is 21.9 Å². The third-order valence-corrected chi connectivity index (χ3v) is 2.56. The molecule has 1 aromatic rings. The summed E-state index contributed by atoms with van der Waals surface area (Å²) < 4.78 is 26.3. The molecular weight excluding hydrogens is 270 g/mol. The van der Waals surface area contributed by atoms with Crippen LogP contribution in [0.4, 0.5) is 8.78 Å². The molecule has 1 aromatic carbocycles. The number of hydrogen-bond donors (Lipinski definition) is 1. The Kier molecular flexibility index (Phi) is 4.20. The first-order valence-corrected chi connectivity index (χ1v) is 5.16. The normalized spacial score (nSPS) is 10.3. The van der Waals surface area contributed by atoms with Crippen LogP contribution in [0.5, 0.6) is 0 Å². The van der Waals surface area contributed by atoms with Crippen LogP contribution in [-0.2, 0) is 11.2 Å². The molecule has 0 atom stereocenters. The van der Waals surface area contributed by atoms with Crippen molar-refractivity contribution in [3.8, 4) is 0 Å². The van der Waals surface area contributed by atoms with Crippen molar-refractivity contribution < 1.29 is 18.7 Å². The van der Waals surface area contributed by atoms with Crippen molar-refractivity contribution in [3.63, 3.8) is 0 Å². The molecule has 1 rings (SSSR count). The number of benzene rings is 1. The third kappa shape index (κ3) is 3.27. The largest absolute Gasteiger partial charge is 0.481 e. The number of aryl methyl sites for hydroxylation is 1. The highest BCUT2D eigenvalue weighted by Gasteiger charge is 2.11. The third-order valence-electron chi connectivity index (χ3n) is 1.95. The van der Waals surface area contributed by atoms with E-state index in [2.05, 4.69) is 15.9 Å². The number of carboxylic acids is 1. The monoisotopic (exact) mass is 278 g/mol. The molecule has 0 aromatic heterocycles. The van der Waals surface area contributed by atoms with E-state index >= 15 is 0 Å². The van der Waals surface area contributed by atoms with Gasteiger partial charge in [-0.2, -0.15) is 0 Å². The molecule has 2 nitrogen and oxygen atoms in total. The summed E-state index contributed by atoms with van der Waals surface area (Å²) in [6.07, 6.45) is 0.479. The van der Waals surface area contributed by atoms with E-state index < -0.39 is 17.6 Å². The highest BCUT2D eigenvalue weighted by molar-refractivity contribution is 9.10. The van der Waals surface area contributed by atoms with Crippen LogP contribution in [0.2, 0.25) is 0 Å². The van der Waals surface area contributed by atoms with Crippen molar-refractivity contribution in [1.82, 2.24) is 0 Å². The Labute approximate surface area is 94.0 Å². The summed E-state index contributed by atoms with van der Waals surface area (Å²) in [6.45, 7) is 0. The van der Waals surface area contributed by atoms with Gasteiger partial charge in [-0.15, -0.1) is 0 Å². The second-order valence-corrected chi connectivity index (χ2v) is 3.94. The highest BCUT2D eigenvalue weighted by Crippen LogP contribution is 2.22. The summed E-state index contributed by atoms with van der Waals surface area (Å²) in [5.41, 5.74) is 0.206. The van der Waals surface area contributed by atoms with Gasteiger partial charge in [0.15, 0.2) is 11.6 Å². The summed E-state index contributed by atoms with van der Waals surface area (Å²) >= 11 is 2.86. The van der Waals surface area contributed by atoms with E-state index in [1.165, 1.54) is 12.1 Å². The molecule has 5 heteroatoms. The van der Waals surface area contributed by atoms with Crippen molar-refractivity contribution in [2.24, 2.45) is 0 Å². The summed E-state index contributed by atoms with van der Waals surface area (Å²) in [7, 11) is 0. The van der Waals surface area contributed by atoms with Gasteiger partial charge in [-0.05, 0) is 40.4 Å². The molecular formula is C10H9BrF2O2. The quantitative estimate of drug-likeness (QED) is 0.860. The fourth-order valence-electron chi connectivity index (χ4n) is 1.19. The first kappa shape index (κ1) is 12.1. The van der Waals surface area contributed by atoms with Crippen molar-refractivity contribution in [1.29, 1.82) is 0 Å². The van der Waals surface area contributed by atoms with Gasteiger partial charge in [0.2, 0.25) is 0 Å².